The first kappa shape index (κ1) is 22.1. The van der Waals surface area contributed by atoms with Gasteiger partial charge >= 0.3 is 9.45 Å². The maximum absolute atomic E-state index is 5.70. The summed E-state index contributed by atoms with van der Waals surface area (Å²) < 4.78 is 14.0. The van der Waals surface area contributed by atoms with Crippen molar-refractivity contribution in [3.8, 4) is 0 Å². The van der Waals surface area contributed by atoms with Gasteiger partial charge in [-0.15, -0.1) is 0 Å². The predicted octanol–water partition coefficient (Wildman–Crippen LogP) is 4.73. The molecule has 134 valence electrons. The fraction of sp³-hybridized carbons (Fsp3) is 1.00. The average molecular weight is 332 g/mol. The van der Waals surface area contributed by atoms with Gasteiger partial charge in [-0.05, 0) is 37.8 Å². The Morgan fingerprint density at radius 3 is 1.45 bits per heavy atom. The molecule has 0 fully saturated rings. The zero-order valence-electron chi connectivity index (χ0n) is 16.1. The van der Waals surface area contributed by atoms with E-state index in [-0.39, 0.29) is 0 Å². The summed E-state index contributed by atoms with van der Waals surface area (Å²) in [7, 11) is 1.94. The second kappa shape index (κ2) is 14.7. The van der Waals surface area contributed by atoms with E-state index in [4.69, 9.17) is 8.85 Å². The van der Waals surface area contributed by atoms with Gasteiger partial charge in [-0.3, -0.25) is 4.57 Å². The van der Waals surface area contributed by atoms with Gasteiger partial charge in [0, 0.05) is 14.2 Å². The molecule has 0 aliphatic heterocycles. The highest BCUT2D eigenvalue weighted by atomic mass is 28.3. The first-order valence-corrected chi connectivity index (χ1v) is 10.9. The normalized spacial score (nSPS) is 14.7. The van der Waals surface area contributed by atoms with Crippen LogP contribution < -0.4 is 0 Å². The van der Waals surface area contributed by atoms with Crippen molar-refractivity contribution in [1.29, 1.82) is 0 Å². The summed E-state index contributed by atoms with van der Waals surface area (Å²) in [5.41, 5.74) is 0. The lowest BCUT2D eigenvalue weighted by Crippen LogP contribution is -2.47. The summed E-state index contributed by atoms with van der Waals surface area (Å²) >= 11 is 0. The number of nitrogens with zero attached hydrogens (tertiary/aromatic N) is 1. The van der Waals surface area contributed by atoms with Gasteiger partial charge in [0.2, 0.25) is 0 Å². The molecule has 0 heterocycles. The fourth-order valence-corrected chi connectivity index (χ4v) is 4.87. The van der Waals surface area contributed by atoms with E-state index in [1.165, 1.54) is 51.4 Å². The molecule has 0 bridgehead atoms. The molecule has 0 aromatic rings. The molecule has 0 amide bonds. The smallest absolute Gasteiger partial charge is 0.388 e. The van der Waals surface area contributed by atoms with Crippen molar-refractivity contribution in [3.05, 3.63) is 0 Å². The van der Waals surface area contributed by atoms with Crippen molar-refractivity contribution in [2.45, 2.75) is 79.1 Å². The molecule has 0 aliphatic carbocycles. The van der Waals surface area contributed by atoms with Gasteiger partial charge < -0.3 is 8.85 Å². The van der Waals surface area contributed by atoms with Gasteiger partial charge in [0.1, 0.15) is 0 Å². The second-order valence-electron chi connectivity index (χ2n) is 6.57. The van der Waals surface area contributed by atoms with E-state index in [1.807, 2.05) is 14.2 Å². The molecular formula is C18H41NO2Si. The van der Waals surface area contributed by atoms with Crippen LogP contribution in [0.25, 0.3) is 0 Å². The lowest BCUT2D eigenvalue weighted by molar-refractivity contribution is 0.163. The van der Waals surface area contributed by atoms with Gasteiger partial charge in [0.05, 0.1) is 0 Å². The Balaban J connectivity index is 4.71. The second-order valence-corrected chi connectivity index (χ2v) is 8.85. The third-order valence-electron chi connectivity index (χ3n) is 4.77. The van der Waals surface area contributed by atoms with E-state index in [0.717, 1.165) is 24.9 Å². The van der Waals surface area contributed by atoms with Gasteiger partial charge in [0.15, 0.2) is 0 Å². The Hall–Kier alpha value is 0.0969. The summed E-state index contributed by atoms with van der Waals surface area (Å²) in [6.45, 7) is 11.5. The SMILES string of the molecule is CCCCC(CC)CN(CC(CC)CCCC)[SiH](OC)OC. The number of unbranched alkanes of at least 4 members (excludes halogenated alkanes) is 2. The number of rotatable bonds is 15. The molecule has 2 atom stereocenters. The van der Waals surface area contributed by atoms with Crippen LogP contribution in [0.5, 0.6) is 0 Å². The van der Waals surface area contributed by atoms with Crippen LogP contribution in [0.1, 0.15) is 79.1 Å². The Morgan fingerprint density at radius 1 is 0.773 bits per heavy atom. The molecule has 3 nitrogen and oxygen atoms in total. The zero-order valence-corrected chi connectivity index (χ0v) is 17.2. The van der Waals surface area contributed by atoms with Crippen LogP contribution in [0.4, 0.5) is 0 Å². The van der Waals surface area contributed by atoms with Gasteiger partial charge in [-0.1, -0.05) is 66.2 Å². The third-order valence-corrected chi connectivity index (χ3v) is 6.60. The fourth-order valence-electron chi connectivity index (χ4n) is 3.14. The van der Waals surface area contributed by atoms with Crippen molar-refractivity contribution >= 4 is 9.45 Å². The maximum Gasteiger partial charge on any atom is 0.410 e. The highest BCUT2D eigenvalue weighted by Gasteiger charge is 2.26. The summed E-state index contributed by atoms with van der Waals surface area (Å²) in [6.07, 6.45) is 10.5. The number of hydrogen-bond donors (Lipinski definition) is 0. The molecule has 0 aromatic carbocycles. The van der Waals surface area contributed by atoms with Crippen LogP contribution in [0.3, 0.4) is 0 Å². The summed E-state index contributed by atoms with van der Waals surface area (Å²) in [5, 5.41) is 0. The minimum Gasteiger partial charge on any atom is -0.388 e. The van der Waals surface area contributed by atoms with E-state index in [0.29, 0.717) is 0 Å². The first-order chi connectivity index (χ1) is 10.7. The monoisotopic (exact) mass is 331 g/mol. The van der Waals surface area contributed by atoms with E-state index in [9.17, 15) is 0 Å². The van der Waals surface area contributed by atoms with Gasteiger partial charge in [0.25, 0.3) is 0 Å². The largest absolute Gasteiger partial charge is 0.410 e. The van der Waals surface area contributed by atoms with Gasteiger partial charge in [-0.2, -0.15) is 0 Å². The van der Waals surface area contributed by atoms with Crippen LogP contribution in [0.15, 0.2) is 0 Å². The molecule has 0 rings (SSSR count). The van der Waals surface area contributed by atoms with E-state index >= 15 is 0 Å². The third kappa shape index (κ3) is 9.28. The van der Waals surface area contributed by atoms with Crippen LogP contribution >= 0.6 is 0 Å². The minimum atomic E-state index is -1.68. The average Bonchev–Trinajstić information content (AvgIpc) is 2.55. The lowest BCUT2D eigenvalue weighted by Gasteiger charge is -2.33. The predicted molar refractivity (Wildman–Crippen MR) is 99.4 cm³/mol. The molecule has 0 aliphatic rings. The molecule has 0 saturated heterocycles. The Morgan fingerprint density at radius 2 is 1.18 bits per heavy atom. The highest BCUT2D eigenvalue weighted by molar-refractivity contribution is 6.40. The molecule has 0 aromatic heterocycles. The Bertz CT molecular complexity index is 219. The number of hydrogen-bond acceptors (Lipinski definition) is 3. The van der Waals surface area contributed by atoms with E-state index in [1.54, 1.807) is 0 Å². The Labute approximate surface area is 141 Å². The lowest BCUT2D eigenvalue weighted by atomic mass is 9.97. The molecule has 0 N–H and O–H groups in total. The van der Waals surface area contributed by atoms with Crippen molar-refractivity contribution in [2.24, 2.45) is 11.8 Å². The topological polar surface area (TPSA) is 21.7 Å². The summed E-state index contributed by atoms with van der Waals surface area (Å²) in [6, 6.07) is 0. The van der Waals surface area contributed by atoms with Gasteiger partial charge in [-0.25, -0.2) is 0 Å². The Kier molecular flexibility index (Phi) is 14.7. The molecule has 0 radical (unpaired) electrons. The minimum absolute atomic E-state index is 0.781. The zero-order chi connectivity index (χ0) is 16.8. The summed E-state index contributed by atoms with van der Waals surface area (Å²) in [4.78, 5) is 0. The van der Waals surface area contributed by atoms with Crippen molar-refractivity contribution < 1.29 is 8.85 Å². The molecule has 0 spiro atoms. The van der Waals surface area contributed by atoms with Crippen LogP contribution in [0, 0.1) is 11.8 Å². The highest BCUT2D eigenvalue weighted by Crippen LogP contribution is 2.20. The van der Waals surface area contributed by atoms with Crippen molar-refractivity contribution in [1.82, 2.24) is 4.57 Å². The molecule has 4 heteroatoms. The van der Waals surface area contributed by atoms with Crippen LogP contribution in [0.2, 0.25) is 0 Å². The van der Waals surface area contributed by atoms with E-state index < -0.39 is 9.45 Å². The van der Waals surface area contributed by atoms with Crippen LogP contribution in [-0.2, 0) is 8.85 Å². The molecule has 22 heavy (non-hydrogen) atoms. The van der Waals surface area contributed by atoms with Crippen molar-refractivity contribution in [3.63, 3.8) is 0 Å². The summed E-state index contributed by atoms with van der Waals surface area (Å²) in [5.74, 6) is 1.56. The quantitative estimate of drug-likeness (QED) is 0.405. The van der Waals surface area contributed by atoms with Crippen molar-refractivity contribution in [2.75, 3.05) is 27.3 Å². The standard InChI is InChI=1S/C18H41NO2Si/c1-7-11-13-17(9-3)15-19(22(20-5)21-6)16-18(10-4)14-12-8-2/h17-18,22H,7-16H2,1-6H3. The first-order valence-electron chi connectivity index (χ1n) is 9.46. The molecule has 0 saturated carbocycles. The van der Waals surface area contributed by atoms with E-state index in [2.05, 4.69) is 32.3 Å². The maximum atomic E-state index is 5.70. The molecule has 2 unspecified atom stereocenters. The molecular weight excluding hydrogens is 290 g/mol. The van der Waals surface area contributed by atoms with Crippen LogP contribution in [-0.4, -0.2) is 41.3 Å².